The van der Waals surface area contributed by atoms with Crippen molar-refractivity contribution in [2.75, 3.05) is 5.32 Å². The highest BCUT2D eigenvalue weighted by atomic mass is 19.1. The third kappa shape index (κ3) is 3.86. The van der Waals surface area contributed by atoms with Crippen molar-refractivity contribution in [3.63, 3.8) is 0 Å². The summed E-state index contributed by atoms with van der Waals surface area (Å²) in [6, 6.07) is 12.8. The van der Waals surface area contributed by atoms with Gasteiger partial charge in [-0.1, -0.05) is 30.3 Å². The molecule has 0 aliphatic carbocycles. The molecule has 0 saturated carbocycles. The minimum atomic E-state index is -0.394. The van der Waals surface area contributed by atoms with Crippen molar-refractivity contribution in [2.45, 2.75) is 26.4 Å². The summed E-state index contributed by atoms with van der Waals surface area (Å²) in [5, 5.41) is 7.35. The number of rotatable bonds is 6. The number of amides is 1. The largest absolute Gasteiger partial charge is 0.337 e. The Morgan fingerprint density at radius 3 is 2.70 bits per heavy atom. The molecule has 0 spiro atoms. The zero-order valence-corrected chi connectivity index (χ0v) is 17.7. The summed E-state index contributed by atoms with van der Waals surface area (Å²) < 4.78 is 21.4. The first kappa shape index (κ1) is 20.6. The maximum absolute atomic E-state index is 13.4. The van der Waals surface area contributed by atoms with Crippen LogP contribution < -0.4 is 10.9 Å². The molecule has 0 radical (unpaired) electrons. The fraction of sp³-hybridized carbons (Fsp3) is 0.174. The number of aromatic nitrogens is 5. The molecule has 0 aliphatic heterocycles. The van der Waals surface area contributed by atoms with Crippen molar-refractivity contribution in [1.29, 1.82) is 0 Å². The van der Waals surface area contributed by atoms with Crippen LogP contribution in [0, 0.1) is 5.82 Å². The average Bonchev–Trinajstić information content (AvgIpc) is 3.40. The lowest BCUT2D eigenvalue weighted by molar-refractivity contribution is -0.116. The molecule has 1 amide bonds. The summed E-state index contributed by atoms with van der Waals surface area (Å²) in [7, 11) is 0. The van der Waals surface area contributed by atoms with Crippen LogP contribution in [-0.2, 0) is 24.3 Å². The molecule has 0 saturated heterocycles. The number of nitrogens with zero attached hydrogens (tertiary/aromatic N) is 5. The highest BCUT2D eigenvalue weighted by Gasteiger charge is 2.19. The van der Waals surface area contributed by atoms with Gasteiger partial charge in [-0.2, -0.15) is 4.98 Å². The highest BCUT2D eigenvalue weighted by molar-refractivity contribution is 6.06. The number of para-hydroxylation sites is 1. The Kier molecular flexibility index (Phi) is 5.17. The number of carbonyl (C=O) groups is 1. The number of benzene rings is 2. The summed E-state index contributed by atoms with van der Waals surface area (Å²) in [5.41, 5.74) is 1.63. The molecule has 5 aromatic rings. The second-order valence-corrected chi connectivity index (χ2v) is 7.49. The summed E-state index contributed by atoms with van der Waals surface area (Å²) >= 11 is 0. The predicted octanol–water partition coefficient (Wildman–Crippen LogP) is 3.12. The number of halogens is 1. The van der Waals surface area contributed by atoms with Gasteiger partial charge in [-0.25, -0.2) is 9.37 Å². The smallest absolute Gasteiger partial charge is 0.278 e. The Bertz CT molecular complexity index is 1530. The quantitative estimate of drug-likeness (QED) is 0.429. The van der Waals surface area contributed by atoms with E-state index in [1.807, 2.05) is 31.2 Å². The van der Waals surface area contributed by atoms with Gasteiger partial charge >= 0.3 is 0 Å². The Labute approximate surface area is 186 Å². The molecule has 3 heterocycles. The van der Waals surface area contributed by atoms with E-state index in [-0.39, 0.29) is 24.6 Å². The third-order valence-electron chi connectivity index (χ3n) is 5.30. The average molecular weight is 446 g/mol. The van der Waals surface area contributed by atoms with Crippen molar-refractivity contribution in [2.24, 2.45) is 0 Å². The highest BCUT2D eigenvalue weighted by Crippen LogP contribution is 2.25. The molecule has 0 bridgehead atoms. The van der Waals surface area contributed by atoms with Crippen LogP contribution in [0.4, 0.5) is 10.1 Å². The third-order valence-corrected chi connectivity index (χ3v) is 5.30. The first-order valence-corrected chi connectivity index (χ1v) is 10.4. The minimum Gasteiger partial charge on any atom is -0.337 e. The van der Waals surface area contributed by atoms with Crippen LogP contribution in [0.2, 0.25) is 0 Å². The Hall–Kier alpha value is -4.34. The Morgan fingerprint density at radius 2 is 1.94 bits per heavy atom. The monoisotopic (exact) mass is 446 g/mol. The SMILES string of the molecule is CCc1noc(Cn2cnc3c4ccccc4n(CC(=O)Nc4ccc(F)cc4)c3c2=O)n1. The van der Waals surface area contributed by atoms with E-state index in [0.717, 1.165) is 5.39 Å². The van der Waals surface area contributed by atoms with E-state index in [1.165, 1.54) is 35.2 Å². The van der Waals surface area contributed by atoms with Gasteiger partial charge in [0.05, 0.1) is 11.8 Å². The molecule has 0 aliphatic rings. The molecule has 0 fully saturated rings. The van der Waals surface area contributed by atoms with Gasteiger partial charge in [-0.3, -0.25) is 14.2 Å². The summed E-state index contributed by atoms with van der Waals surface area (Å²) in [4.78, 5) is 34.9. The van der Waals surface area contributed by atoms with Crippen molar-refractivity contribution in [1.82, 2.24) is 24.3 Å². The van der Waals surface area contributed by atoms with Gasteiger partial charge in [-0.15, -0.1) is 0 Å². The van der Waals surface area contributed by atoms with E-state index in [0.29, 0.717) is 40.4 Å². The molecular formula is C23H19FN6O3. The number of fused-ring (bicyclic) bond motifs is 3. The predicted molar refractivity (Wildman–Crippen MR) is 119 cm³/mol. The van der Waals surface area contributed by atoms with E-state index in [4.69, 9.17) is 4.52 Å². The Morgan fingerprint density at radius 1 is 1.15 bits per heavy atom. The number of anilines is 1. The normalized spacial score (nSPS) is 11.3. The molecule has 10 heteroatoms. The molecule has 166 valence electrons. The first-order valence-electron chi connectivity index (χ1n) is 10.4. The van der Waals surface area contributed by atoms with Gasteiger partial charge in [0.25, 0.3) is 5.56 Å². The molecule has 9 nitrogen and oxygen atoms in total. The van der Waals surface area contributed by atoms with E-state index in [2.05, 4.69) is 20.4 Å². The van der Waals surface area contributed by atoms with Crippen LogP contribution in [-0.4, -0.2) is 30.2 Å². The van der Waals surface area contributed by atoms with Crippen LogP contribution >= 0.6 is 0 Å². The van der Waals surface area contributed by atoms with Gasteiger partial charge in [0.15, 0.2) is 5.82 Å². The maximum atomic E-state index is 13.4. The topological polar surface area (TPSA) is 108 Å². The van der Waals surface area contributed by atoms with Crippen LogP contribution in [0.1, 0.15) is 18.6 Å². The minimum absolute atomic E-state index is 0.0675. The lowest BCUT2D eigenvalue weighted by atomic mass is 10.2. The molecule has 0 atom stereocenters. The van der Waals surface area contributed by atoms with E-state index < -0.39 is 5.82 Å². The first-order chi connectivity index (χ1) is 16.0. The van der Waals surface area contributed by atoms with Gasteiger partial charge in [0.1, 0.15) is 29.9 Å². The van der Waals surface area contributed by atoms with Gasteiger partial charge < -0.3 is 14.4 Å². The van der Waals surface area contributed by atoms with Crippen LogP contribution in [0.15, 0.2) is 64.2 Å². The standard InChI is InChI=1S/C23H19FN6O3/c1-2-18-27-20(33-28-18)12-29-13-25-21-16-5-3-4-6-17(16)30(22(21)23(29)32)11-19(31)26-15-9-7-14(24)8-10-15/h3-10,13H,2,11-12H2,1H3,(H,26,31). The molecular weight excluding hydrogens is 427 g/mol. The van der Waals surface area contributed by atoms with Gasteiger partial charge in [0, 0.05) is 17.5 Å². The molecule has 3 aromatic heterocycles. The summed E-state index contributed by atoms with van der Waals surface area (Å²) in [6.07, 6.45) is 2.06. The van der Waals surface area contributed by atoms with Gasteiger partial charge in [0.2, 0.25) is 11.8 Å². The van der Waals surface area contributed by atoms with E-state index >= 15 is 0 Å². The fourth-order valence-corrected chi connectivity index (χ4v) is 3.75. The lowest BCUT2D eigenvalue weighted by Crippen LogP contribution is -2.25. The molecule has 0 unspecified atom stereocenters. The van der Waals surface area contributed by atoms with Gasteiger partial charge in [-0.05, 0) is 30.3 Å². The molecule has 1 N–H and O–H groups in total. The number of hydrogen-bond acceptors (Lipinski definition) is 6. The zero-order valence-electron chi connectivity index (χ0n) is 17.7. The molecule has 2 aromatic carbocycles. The van der Waals surface area contributed by atoms with Crippen molar-refractivity contribution in [3.05, 3.63) is 82.7 Å². The summed E-state index contributed by atoms with van der Waals surface area (Å²) in [5.74, 6) is 0.100. The number of aryl methyl sites for hydroxylation is 1. The van der Waals surface area contributed by atoms with Crippen molar-refractivity contribution < 1.29 is 13.7 Å². The second-order valence-electron chi connectivity index (χ2n) is 7.49. The van der Waals surface area contributed by atoms with Crippen LogP contribution in [0.25, 0.3) is 21.9 Å². The number of nitrogens with one attached hydrogen (secondary N) is 1. The zero-order chi connectivity index (χ0) is 22.9. The lowest BCUT2D eigenvalue weighted by Gasteiger charge is -2.09. The number of hydrogen-bond donors (Lipinski definition) is 1. The van der Waals surface area contributed by atoms with Crippen molar-refractivity contribution in [3.8, 4) is 0 Å². The van der Waals surface area contributed by atoms with Crippen LogP contribution in [0.3, 0.4) is 0 Å². The van der Waals surface area contributed by atoms with Crippen molar-refractivity contribution >= 4 is 33.5 Å². The molecule has 5 rings (SSSR count). The number of carbonyl (C=O) groups excluding carboxylic acids is 1. The molecule has 33 heavy (non-hydrogen) atoms. The second kappa shape index (κ2) is 8.30. The van der Waals surface area contributed by atoms with E-state index in [1.54, 1.807) is 4.57 Å². The summed E-state index contributed by atoms with van der Waals surface area (Å²) in [6.45, 7) is 1.85. The maximum Gasteiger partial charge on any atom is 0.278 e. The van der Waals surface area contributed by atoms with E-state index in [9.17, 15) is 14.0 Å². The Balaban J connectivity index is 1.56. The van der Waals surface area contributed by atoms with Crippen LogP contribution in [0.5, 0.6) is 0 Å². The fourth-order valence-electron chi connectivity index (χ4n) is 3.75.